The number of hydrogen-bond acceptors (Lipinski definition) is 5. The van der Waals surface area contributed by atoms with E-state index in [1.54, 1.807) is 0 Å². The van der Waals surface area contributed by atoms with Gasteiger partial charge in [0.05, 0.1) is 23.6 Å². The van der Waals surface area contributed by atoms with E-state index < -0.39 is 0 Å². The molecule has 1 saturated heterocycles. The number of hydrogen-bond donors (Lipinski definition) is 0. The fourth-order valence-corrected chi connectivity index (χ4v) is 3.58. The Hall–Kier alpha value is -3.22. The SMILES string of the molecule is CCn1cc(-c2cc3c(cn2)cnn3-c2cccc(N3CCCC3)n2)cn1. The summed E-state index contributed by atoms with van der Waals surface area (Å²) in [5.74, 6) is 1.85. The predicted molar refractivity (Wildman–Crippen MR) is 105 cm³/mol. The highest BCUT2D eigenvalue weighted by Gasteiger charge is 2.15. The van der Waals surface area contributed by atoms with Gasteiger partial charge in [-0.15, -0.1) is 0 Å². The first-order chi connectivity index (χ1) is 13.3. The fraction of sp³-hybridized carbons (Fsp3) is 0.300. The van der Waals surface area contributed by atoms with Gasteiger partial charge in [-0.3, -0.25) is 9.67 Å². The van der Waals surface area contributed by atoms with Gasteiger partial charge >= 0.3 is 0 Å². The summed E-state index contributed by atoms with van der Waals surface area (Å²) < 4.78 is 3.80. The largest absolute Gasteiger partial charge is 0.357 e. The van der Waals surface area contributed by atoms with Crippen LogP contribution in [0.5, 0.6) is 0 Å². The summed E-state index contributed by atoms with van der Waals surface area (Å²) in [5.41, 5.74) is 2.89. The number of rotatable bonds is 4. The van der Waals surface area contributed by atoms with Crippen molar-refractivity contribution in [2.75, 3.05) is 18.0 Å². The molecular formula is C20H21N7. The lowest BCUT2D eigenvalue weighted by molar-refractivity contribution is 0.660. The number of aromatic nitrogens is 6. The van der Waals surface area contributed by atoms with Crippen molar-refractivity contribution in [3.63, 3.8) is 0 Å². The summed E-state index contributed by atoms with van der Waals surface area (Å²) in [6.07, 6.45) is 10.0. The van der Waals surface area contributed by atoms with Crippen LogP contribution in [0.15, 0.2) is 49.1 Å². The molecule has 0 saturated carbocycles. The van der Waals surface area contributed by atoms with Crippen LogP contribution in [-0.2, 0) is 6.54 Å². The first-order valence-corrected chi connectivity index (χ1v) is 9.41. The summed E-state index contributed by atoms with van der Waals surface area (Å²) in [5, 5.41) is 9.91. The van der Waals surface area contributed by atoms with Crippen molar-refractivity contribution in [1.82, 2.24) is 29.5 Å². The molecule has 27 heavy (non-hydrogen) atoms. The Morgan fingerprint density at radius 2 is 1.85 bits per heavy atom. The molecule has 5 heterocycles. The smallest absolute Gasteiger partial charge is 0.156 e. The highest BCUT2D eigenvalue weighted by molar-refractivity contribution is 5.83. The molecule has 4 aromatic heterocycles. The van der Waals surface area contributed by atoms with E-state index in [0.717, 1.165) is 53.4 Å². The Bertz CT molecular complexity index is 1090. The third-order valence-electron chi connectivity index (χ3n) is 5.07. The predicted octanol–water partition coefficient (Wildman–Crippen LogP) is 3.30. The van der Waals surface area contributed by atoms with Gasteiger partial charge < -0.3 is 4.90 Å². The van der Waals surface area contributed by atoms with E-state index in [9.17, 15) is 0 Å². The molecule has 136 valence electrons. The van der Waals surface area contributed by atoms with Crippen LogP contribution in [0.4, 0.5) is 5.82 Å². The number of fused-ring (bicyclic) bond motifs is 1. The van der Waals surface area contributed by atoms with E-state index in [0.29, 0.717) is 0 Å². The van der Waals surface area contributed by atoms with Crippen molar-refractivity contribution < 1.29 is 0 Å². The lowest BCUT2D eigenvalue weighted by Gasteiger charge is -2.17. The molecule has 7 heteroatoms. The van der Waals surface area contributed by atoms with Gasteiger partial charge in [-0.2, -0.15) is 10.2 Å². The summed E-state index contributed by atoms with van der Waals surface area (Å²) in [6, 6.07) is 8.19. The number of aryl methyl sites for hydroxylation is 1. The molecule has 5 rings (SSSR count). The van der Waals surface area contributed by atoms with Crippen LogP contribution < -0.4 is 4.90 Å². The molecule has 4 aromatic rings. The van der Waals surface area contributed by atoms with Crippen LogP contribution in [0.2, 0.25) is 0 Å². The molecule has 0 radical (unpaired) electrons. The van der Waals surface area contributed by atoms with E-state index in [4.69, 9.17) is 4.98 Å². The molecule has 1 aliphatic heterocycles. The molecule has 0 spiro atoms. The molecule has 0 amide bonds. The van der Waals surface area contributed by atoms with Gasteiger partial charge in [0.2, 0.25) is 0 Å². The Labute approximate surface area is 157 Å². The maximum Gasteiger partial charge on any atom is 0.156 e. The average molecular weight is 359 g/mol. The zero-order chi connectivity index (χ0) is 18.2. The average Bonchev–Trinajstić information content (AvgIpc) is 3.48. The highest BCUT2D eigenvalue weighted by Crippen LogP contribution is 2.24. The maximum atomic E-state index is 4.86. The van der Waals surface area contributed by atoms with E-state index in [1.165, 1.54) is 12.8 Å². The van der Waals surface area contributed by atoms with Gasteiger partial charge in [-0.25, -0.2) is 9.67 Å². The standard InChI is InChI=1S/C20H21N7/c1-2-26-14-16(13-22-26)17-10-18-15(11-21-17)12-23-27(18)20-7-5-6-19(24-20)25-8-3-4-9-25/h5-7,10-14H,2-4,8-9H2,1H3. The molecule has 7 nitrogen and oxygen atoms in total. The molecule has 0 aromatic carbocycles. The summed E-state index contributed by atoms with van der Waals surface area (Å²) in [7, 11) is 0. The van der Waals surface area contributed by atoms with Crippen molar-refractivity contribution in [3.8, 4) is 17.1 Å². The van der Waals surface area contributed by atoms with Crippen molar-refractivity contribution in [2.24, 2.45) is 0 Å². The number of anilines is 1. The van der Waals surface area contributed by atoms with Crippen molar-refractivity contribution in [3.05, 3.63) is 49.1 Å². The van der Waals surface area contributed by atoms with Gasteiger partial charge in [0.25, 0.3) is 0 Å². The topological polar surface area (TPSA) is 64.7 Å². The Kier molecular flexibility index (Phi) is 3.85. The minimum absolute atomic E-state index is 0.829. The summed E-state index contributed by atoms with van der Waals surface area (Å²) in [4.78, 5) is 11.8. The molecule has 0 N–H and O–H groups in total. The Morgan fingerprint density at radius 1 is 1.00 bits per heavy atom. The van der Waals surface area contributed by atoms with E-state index in [1.807, 2.05) is 40.2 Å². The van der Waals surface area contributed by atoms with Crippen LogP contribution in [0, 0.1) is 0 Å². The second kappa shape index (κ2) is 6.50. The van der Waals surface area contributed by atoms with Crippen LogP contribution in [0.1, 0.15) is 19.8 Å². The second-order valence-electron chi connectivity index (χ2n) is 6.82. The lowest BCUT2D eigenvalue weighted by atomic mass is 10.2. The van der Waals surface area contributed by atoms with Gasteiger partial charge in [-0.1, -0.05) is 6.07 Å². The van der Waals surface area contributed by atoms with Crippen molar-refractivity contribution >= 4 is 16.7 Å². The Morgan fingerprint density at radius 3 is 2.67 bits per heavy atom. The normalized spacial score (nSPS) is 14.3. The monoisotopic (exact) mass is 359 g/mol. The van der Waals surface area contributed by atoms with Crippen molar-refractivity contribution in [1.29, 1.82) is 0 Å². The van der Waals surface area contributed by atoms with Crippen LogP contribution in [0.25, 0.3) is 28.0 Å². The van der Waals surface area contributed by atoms with Crippen LogP contribution in [0.3, 0.4) is 0 Å². The van der Waals surface area contributed by atoms with E-state index in [2.05, 4.69) is 45.2 Å². The van der Waals surface area contributed by atoms with Gasteiger partial charge in [0.1, 0.15) is 5.82 Å². The lowest BCUT2D eigenvalue weighted by Crippen LogP contribution is -2.19. The van der Waals surface area contributed by atoms with Gasteiger partial charge in [0, 0.05) is 43.0 Å². The fourth-order valence-electron chi connectivity index (χ4n) is 3.58. The minimum atomic E-state index is 0.829. The molecule has 1 fully saturated rings. The number of pyridine rings is 2. The maximum absolute atomic E-state index is 4.86. The zero-order valence-corrected chi connectivity index (χ0v) is 15.3. The number of nitrogens with zero attached hydrogens (tertiary/aromatic N) is 7. The van der Waals surface area contributed by atoms with Crippen LogP contribution in [-0.4, -0.2) is 42.6 Å². The van der Waals surface area contributed by atoms with Crippen LogP contribution >= 0.6 is 0 Å². The molecule has 0 unspecified atom stereocenters. The summed E-state index contributed by atoms with van der Waals surface area (Å²) in [6.45, 7) is 5.06. The third kappa shape index (κ3) is 2.85. The zero-order valence-electron chi connectivity index (χ0n) is 15.3. The highest BCUT2D eigenvalue weighted by atomic mass is 15.3. The Balaban J connectivity index is 1.57. The third-order valence-corrected chi connectivity index (χ3v) is 5.07. The minimum Gasteiger partial charge on any atom is -0.357 e. The van der Waals surface area contributed by atoms with E-state index >= 15 is 0 Å². The molecule has 1 aliphatic rings. The van der Waals surface area contributed by atoms with Crippen molar-refractivity contribution in [2.45, 2.75) is 26.3 Å². The molecular weight excluding hydrogens is 338 g/mol. The molecule has 0 bridgehead atoms. The quantitative estimate of drug-likeness (QED) is 0.559. The van der Waals surface area contributed by atoms with E-state index in [-0.39, 0.29) is 0 Å². The molecule has 0 aliphatic carbocycles. The van der Waals surface area contributed by atoms with Gasteiger partial charge in [0.15, 0.2) is 5.82 Å². The first kappa shape index (κ1) is 16.0. The van der Waals surface area contributed by atoms with Gasteiger partial charge in [-0.05, 0) is 38.0 Å². The second-order valence-corrected chi connectivity index (χ2v) is 6.82. The first-order valence-electron chi connectivity index (χ1n) is 9.41. The molecule has 0 atom stereocenters. The summed E-state index contributed by atoms with van der Waals surface area (Å²) >= 11 is 0.